The number of para-hydroxylation sites is 1. The molecule has 9 nitrogen and oxygen atoms in total. The Bertz CT molecular complexity index is 1060. The number of rotatable bonds is 8. The topological polar surface area (TPSA) is 112 Å². The van der Waals surface area contributed by atoms with Gasteiger partial charge in [-0.15, -0.1) is 0 Å². The molecule has 180 valence electrons. The SMILES string of the molecule is C[C@@H]1CN([C@H](C)CO)C(=O)c2cccc(NS(C)(=O)=O)c2O[C@H]1CN(C)Cc1ccncc1. The maximum absolute atomic E-state index is 13.4. The number of pyridine rings is 1. The van der Waals surface area contributed by atoms with Crippen LogP contribution in [-0.4, -0.2) is 79.4 Å². The number of aromatic nitrogens is 1. The number of benzene rings is 1. The van der Waals surface area contributed by atoms with E-state index >= 15 is 0 Å². The van der Waals surface area contributed by atoms with Crippen molar-refractivity contribution in [2.75, 3.05) is 37.7 Å². The van der Waals surface area contributed by atoms with Gasteiger partial charge in [0.05, 0.1) is 30.2 Å². The number of anilines is 1. The third kappa shape index (κ3) is 6.43. The van der Waals surface area contributed by atoms with Crippen LogP contribution in [0.5, 0.6) is 5.75 Å². The normalized spacial score (nSPS) is 19.9. The Morgan fingerprint density at radius 3 is 2.64 bits per heavy atom. The zero-order valence-electron chi connectivity index (χ0n) is 19.4. The molecular weight excluding hydrogens is 444 g/mol. The van der Waals surface area contributed by atoms with Crippen molar-refractivity contribution < 1.29 is 23.1 Å². The highest BCUT2D eigenvalue weighted by Gasteiger charge is 2.34. The summed E-state index contributed by atoms with van der Waals surface area (Å²) in [4.78, 5) is 21.2. The molecule has 0 fully saturated rings. The van der Waals surface area contributed by atoms with Gasteiger partial charge >= 0.3 is 0 Å². The van der Waals surface area contributed by atoms with Crippen LogP contribution in [-0.2, 0) is 16.6 Å². The number of fused-ring (bicyclic) bond motifs is 1. The van der Waals surface area contributed by atoms with E-state index in [4.69, 9.17) is 4.74 Å². The van der Waals surface area contributed by atoms with Crippen molar-refractivity contribution in [3.63, 3.8) is 0 Å². The minimum Gasteiger partial charge on any atom is -0.486 e. The van der Waals surface area contributed by atoms with E-state index in [1.54, 1.807) is 42.4 Å². The lowest BCUT2D eigenvalue weighted by molar-refractivity contribution is 0.0344. The second-order valence-electron chi connectivity index (χ2n) is 8.73. The fourth-order valence-electron chi connectivity index (χ4n) is 3.91. The van der Waals surface area contributed by atoms with Gasteiger partial charge in [-0.05, 0) is 43.8 Å². The van der Waals surface area contributed by atoms with Crippen LogP contribution in [0.4, 0.5) is 5.69 Å². The third-order valence-electron chi connectivity index (χ3n) is 5.68. The van der Waals surface area contributed by atoms with Crippen LogP contribution in [0.3, 0.4) is 0 Å². The molecule has 3 atom stereocenters. The number of aliphatic hydroxyl groups is 1. The van der Waals surface area contributed by atoms with Crippen LogP contribution in [0.15, 0.2) is 42.7 Å². The van der Waals surface area contributed by atoms with E-state index in [9.17, 15) is 18.3 Å². The molecule has 1 aliphatic heterocycles. The molecule has 0 saturated carbocycles. The van der Waals surface area contributed by atoms with Gasteiger partial charge in [-0.25, -0.2) is 8.42 Å². The van der Waals surface area contributed by atoms with Gasteiger partial charge in [0.25, 0.3) is 5.91 Å². The van der Waals surface area contributed by atoms with Crippen LogP contribution >= 0.6 is 0 Å². The second kappa shape index (κ2) is 10.5. The van der Waals surface area contributed by atoms with Gasteiger partial charge in [0.1, 0.15) is 6.10 Å². The summed E-state index contributed by atoms with van der Waals surface area (Å²) in [6.07, 6.45) is 4.22. The smallest absolute Gasteiger partial charge is 0.258 e. The molecule has 3 rings (SSSR count). The number of sulfonamides is 1. The van der Waals surface area contributed by atoms with Gasteiger partial charge in [0.15, 0.2) is 5.75 Å². The summed E-state index contributed by atoms with van der Waals surface area (Å²) in [6, 6.07) is 8.32. The van der Waals surface area contributed by atoms with Crippen LogP contribution in [0.2, 0.25) is 0 Å². The Labute approximate surface area is 195 Å². The number of likely N-dealkylation sites (N-methyl/N-ethyl adjacent to an activating group) is 1. The van der Waals surface area contributed by atoms with Crippen molar-refractivity contribution in [3.05, 3.63) is 53.9 Å². The van der Waals surface area contributed by atoms with Gasteiger partial charge in [0.2, 0.25) is 10.0 Å². The predicted molar refractivity (Wildman–Crippen MR) is 127 cm³/mol. The number of amides is 1. The van der Waals surface area contributed by atoms with Crippen LogP contribution < -0.4 is 9.46 Å². The zero-order chi connectivity index (χ0) is 24.2. The average molecular weight is 477 g/mol. The van der Waals surface area contributed by atoms with Crippen molar-refractivity contribution >= 4 is 21.6 Å². The summed E-state index contributed by atoms with van der Waals surface area (Å²) in [5, 5.41) is 9.75. The quantitative estimate of drug-likeness (QED) is 0.598. The second-order valence-corrected chi connectivity index (χ2v) is 10.5. The minimum absolute atomic E-state index is 0.0812. The number of aliphatic hydroxyl groups excluding tert-OH is 1. The van der Waals surface area contributed by atoms with E-state index in [0.717, 1.165) is 11.8 Å². The van der Waals surface area contributed by atoms with Crippen molar-refractivity contribution in [1.82, 2.24) is 14.8 Å². The van der Waals surface area contributed by atoms with E-state index in [1.807, 2.05) is 26.1 Å². The molecule has 1 amide bonds. The Hall–Kier alpha value is -2.69. The van der Waals surface area contributed by atoms with E-state index in [0.29, 0.717) is 19.6 Å². The summed E-state index contributed by atoms with van der Waals surface area (Å²) in [6.45, 7) is 5.23. The maximum Gasteiger partial charge on any atom is 0.258 e. The molecule has 1 aromatic carbocycles. The first-order valence-corrected chi connectivity index (χ1v) is 12.7. The molecule has 2 heterocycles. The molecule has 0 bridgehead atoms. The van der Waals surface area contributed by atoms with Crippen molar-refractivity contribution in [2.24, 2.45) is 5.92 Å². The lowest BCUT2D eigenvalue weighted by Crippen LogP contribution is -2.49. The van der Waals surface area contributed by atoms with E-state index in [1.165, 1.54) is 0 Å². The van der Waals surface area contributed by atoms with Gasteiger partial charge < -0.3 is 14.7 Å². The van der Waals surface area contributed by atoms with Gasteiger partial charge in [0, 0.05) is 37.9 Å². The Morgan fingerprint density at radius 2 is 2.00 bits per heavy atom. The molecule has 0 saturated heterocycles. The first-order chi connectivity index (χ1) is 15.6. The Kier molecular flexibility index (Phi) is 7.93. The van der Waals surface area contributed by atoms with E-state index in [2.05, 4.69) is 14.6 Å². The molecule has 0 radical (unpaired) electrons. The fraction of sp³-hybridized carbons (Fsp3) is 0.478. The largest absolute Gasteiger partial charge is 0.486 e. The Balaban J connectivity index is 1.98. The predicted octanol–water partition coefficient (Wildman–Crippen LogP) is 1.81. The third-order valence-corrected chi connectivity index (χ3v) is 6.27. The van der Waals surface area contributed by atoms with E-state index in [-0.39, 0.29) is 41.5 Å². The highest BCUT2D eigenvalue weighted by atomic mass is 32.2. The molecule has 33 heavy (non-hydrogen) atoms. The first-order valence-electron chi connectivity index (χ1n) is 10.9. The Morgan fingerprint density at radius 1 is 1.30 bits per heavy atom. The molecular formula is C23H32N4O5S. The van der Waals surface area contributed by atoms with Crippen molar-refractivity contribution in [1.29, 1.82) is 0 Å². The van der Waals surface area contributed by atoms with Crippen molar-refractivity contribution in [2.45, 2.75) is 32.5 Å². The van der Waals surface area contributed by atoms with Gasteiger partial charge in [-0.1, -0.05) is 13.0 Å². The first kappa shape index (κ1) is 24.9. The fourth-order valence-corrected chi connectivity index (χ4v) is 4.47. The average Bonchev–Trinajstić information content (AvgIpc) is 2.75. The molecule has 2 aromatic rings. The van der Waals surface area contributed by atoms with Crippen LogP contribution in [0, 0.1) is 5.92 Å². The van der Waals surface area contributed by atoms with Gasteiger partial charge in [-0.3, -0.25) is 19.4 Å². The number of ether oxygens (including phenoxy) is 1. The summed E-state index contributed by atoms with van der Waals surface area (Å²) < 4.78 is 32.8. The molecule has 1 aromatic heterocycles. The number of hydrogen-bond acceptors (Lipinski definition) is 7. The molecule has 0 spiro atoms. The minimum atomic E-state index is -3.59. The lowest BCUT2D eigenvalue weighted by Gasteiger charge is -2.38. The maximum atomic E-state index is 13.4. The summed E-state index contributed by atoms with van der Waals surface area (Å²) in [7, 11) is -1.61. The van der Waals surface area contributed by atoms with Crippen molar-refractivity contribution in [3.8, 4) is 5.75 Å². The standard InChI is InChI=1S/C23H32N4O5S/c1-16-12-27(17(2)15-28)23(29)19-6-5-7-20(25-33(4,30)31)22(19)32-21(16)14-26(3)13-18-8-10-24-11-9-18/h5-11,16-17,21,25,28H,12-15H2,1-4H3/t16-,17-,21+/m1/s1. The molecule has 10 heteroatoms. The highest BCUT2D eigenvalue weighted by Crippen LogP contribution is 2.35. The summed E-state index contributed by atoms with van der Waals surface area (Å²) in [5.74, 6) is -0.182. The number of carbonyl (C=O) groups is 1. The summed E-state index contributed by atoms with van der Waals surface area (Å²) >= 11 is 0. The monoisotopic (exact) mass is 476 g/mol. The number of nitrogens with zero attached hydrogens (tertiary/aromatic N) is 3. The zero-order valence-corrected chi connectivity index (χ0v) is 20.2. The lowest BCUT2D eigenvalue weighted by atomic mass is 9.99. The number of nitrogens with one attached hydrogen (secondary N) is 1. The van der Waals surface area contributed by atoms with Gasteiger partial charge in [-0.2, -0.15) is 0 Å². The molecule has 0 unspecified atom stereocenters. The summed E-state index contributed by atoms with van der Waals surface area (Å²) in [5.41, 5.74) is 1.59. The van der Waals surface area contributed by atoms with E-state index < -0.39 is 16.1 Å². The number of hydrogen-bond donors (Lipinski definition) is 2. The number of carbonyl (C=O) groups excluding carboxylic acids is 1. The van der Waals surface area contributed by atoms with Crippen LogP contribution in [0.1, 0.15) is 29.8 Å². The highest BCUT2D eigenvalue weighted by molar-refractivity contribution is 7.92. The van der Waals surface area contributed by atoms with Crippen LogP contribution in [0.25, 0.3) is 0 Å². The molecule has 2 N–H and O–H groups in total. The molecule has 0 aliphatic carbocycles. The molecule has 1 aliphatic rings.